The molecule has 2 amide bonds. The van der Waals surface area contributed by atoms with E-state index in [0.717, 1.165) is 31.1 Å². The van der Waals surface area contributed by atoms with Crippen LogP contribution in [0.4, 0.5) is 11.6 Å². The highest BCUT2D eigenvalue weighted by atomic mass is 16.5. The van der Waals surface area contributed by atoms with Gasteiger partial charge in [-0.2, -0.15) is 0 Å². The molecule has 0 saturated carbocycles. The molecule has 27 heavy (non-hydrogen) atoms. The molecule has 2 saturated heterocycles. The number of nitrogens with one attached hydrogen (secondary N) is 1. The average Bonchev–Trinajstić information content (AvgIpc) is 3.03. The molecule has 1 N–H and O–H groups in total. The second kappa shape index (κ2) is 7.32. The molecule has 1 atom stereocenters. The SMILES string of the molecule is COc1ccc(N2C(=O)C[C@H]([NH+]3CCN(c4ncccn4)CC3)C2=O)cc1. The molecule has 1 aromatic carbocycles. The van der Waals surface area contributed by atoms with Crippen molar-refractivity contribution >= 4 is 23.5 Å². The number of benzene rings is 1. The number of ether oxygens (including phenoxy) is 1. The summed E-state index contributed by atoms with van der Waals surface area (Å²) in [6.45, 7) is 3.08. The second-order valence-electron chi connectivity index (χ2n) is 6.72. The molecular formula is C19H22N5O3+. The largest absolute Gasteiger partial charge is 0.497 e. The number of carbonyl (C=O) groups is 2. The first-order valence-electron chi connectivity index (χ1n) is 9.05. The molecule has 0 aliphatic carbocycles. The highest BCUT2D eigenvalue weighted by Crippen LogP contribution is 2.24. The van der Waals surface area contributed by atoms with Gasteiger partial charge < -0.3 is 14.5 Å². The number of amides is 2. The summed E-state index contributed by atoms with van der Waals surface area (Å²) in [6.07, 6.45) is 3.71. The number of nitrogens with zero attached hydrogens (tertiary/aromatic N) is 4. The lowest BCUT2D eigenvalue weighted by Gasteiger charge is -2.34. The van der Waals surface area contributed by atoms with Crippen molar-refractivity contribution in [1.29, 1.82) is 0 Å². The normalized spacial score (nSPS) is 21.0. The van der Waals surface area contributed by atoms with E-state index in [1.165, 1.54) is 4.90 Å². The highest BCUT2D eigenvalue weighted by molar-refractivity contribution is 6.21. The Labute approximate surface area is 157 Å². The summed E-state index contributed by atoms with van der Waals surface area (Å²) in [6, 6.07) is 8.48. The molecule has 2 aromatic rings. The Morgan fingerprint density at radius 3 is 2.37 bits per heavy atom. The van der Waals surface area contributed by atoms with E-state index < -0.39 is 0 Å². The zero-order valence-corrected chi connectivity index (χ0v) is 15.2. The van der Waals surface area contributed by atoms with Crippen LogP contribution in [0.2, 0.25) is 0 Å². The van der Waals surface area contributed by atoms with Crippen LogP contribution in [0, 0.1) is 0 Å². The minimum absolute atomic E-state index is 0.121. The first kappa shape index (κ1) is 17.4. The van der Waals surface area contributed by atoms with Crippen LogP contribution < -0.4 is 19.4 Å². The summed E-state index contributed by atoms with van der Waals surface area (Å²) in [4.78, 5) is 38.6. The third-order valence-electron chi connectivity index (χ3n) is 5.21. The Bertz CT molecular complexity index is 819. The summed E-state index contributed by atoms with van der Waals surface area (Å²) in [5.41, 5.74) is 0.601. The highest BCUT2D eigenvalue weighted by Gasteiger charge is 2.46. The number of imide groups is 1. The third-order valence-corrected chi connectivity index (χ3v) is 5.21. The molecule has 0 unspecified atom stereocenters. The van der Waals surface area contributed by atoms with E-state index in [4.69, 9.17) is 4.74 Å². The molecule has 2 aliphatic heterocycles. The van der Waals surface area contributed by atoms with Crippen LogP contribution in [0.25, 0.3) is 0 Å². The van der Waals surface area contributed by atoms with Gasteiger partial charge in [-0.1, -0.05) is 0 Å². The van der Waals surface area contributed by atoms with Gasteiger partial charge in [0.1, 0.15) is 5.75 Å². The van der Waals surface area contributed by atoms with E-state index in [0.29, 0.717) is 17.4 Å². The van der Waals surface area contributed by atoms with Crippen molar-refractivity contribution in [2.45, 2.75) is 12.5 Å². The van der Waals surface area contributed by atoms with Gasteiger partial charge in [-0.25, -0.2) is 14.9 Å². The Morgan fingerprint density at radius 1 is 1.07 bits per heavy atom. The molecule has 3 heterocycles. The molecule has 8 heteroatoms. The predicted molar refractivity (Wildman–Crippen MR) is 98.8 cm³/mol. The van der Waals surface area contributed by atoms with Crippen LogP contribution >= 0.6 is 0 Å². The van der Waals surface area contributed by atoms with Crippen molar-refractivity contribution in [3.63, 3.8) is 0 Å². The van der Waals surface area contributed by atoms with Crippen LogP contribution in [0.1, 0.15) is 6.42 Å². The first-order valence-corrected chi connectivity index (χ1v) is 9.05. The van der Waals surface area contributed by atoms with Gasteiger partial charge in [0, 0.05) is 12.4 Å². The monoisotopic (exact) mass is 368 g/mol. The van der Waals surface area contributed by atoms with Crippen LogP contribution in [-0.4, -0.2) is 61.1 Å². The van der Waals surface area contributed by atoms with Crippen molar-refractivity contribution in [3.8, 4) is 5.75 Å². The number of quaternary nitrogens is 1. The number of methoxy groups -OCH3 is 1. The number of anilines is 2. The number of aromatic nitrogens is 2. The number of hydrogen-bond donors (Lipinski definition) is 1. The predicted octanol–water partition coefficient (Wildman–Crippen LogP) is -0.478. The number of rotatable bonds is 4. The lowest BCUT2D eigenvalue weighted by molar-refractivity contribution is -0.915. The van der Waals surface area contributed by atoms with Crippen molar-refractivity contribution in [2.75, 3.05) is 43.1 Å². The summed E-state index contributed by atoms with van der Waals surface area (Å²) in [5.74, 6) is 1.14. The van der Waals surface area contributed by atoms with Gasteiger partial charge in [0.15, 0.2) is 6.04 Å². The van der Waals surface area contributed by atoms with Crippen LogP contribution in [0.5, 0.6) is 5.75 Å². The topological polar surface area (TPSA) is 80.1 Å². The molecule has 8 nitrogen and oxygen atoms in total. The Morgan fingerprint density at radius 2 is 1.74 bits per heavy atom. The van der Waals surface area contributed by atoms with E-state index in [2.05, 4.69) is 14.9 Å². The van der Waals surface area contributed by atoms with Crippen molar-refractivity contribution in [2.24, 2.45) is 0 Å². The second-order valence-corrected chi connectivity index (χ2v) is 6.72. The van der Waals surface area contributed by atoms with Gasteiger partial charge in [-0.15, -0.1) is 0 Å². The first-order chi connectivity index (χ1) is 13.2. The quantitative estimate of drug-likeness (QED) is 0.735. The van der Waals surface area contributed by atoms with Crippen molar-refractivity contribution in [1.82, 2.24) is 9.97 Å². The molecule has 140 valence electrons. The van der Waals surface area contributed by atoms with Crippen LogP contribution in [0.15, 0.2) is 42.7 Å². The molecule has 2 aliphatic rings. The van der Waals surface area contributed by atoms with Gasteiger partial charge in [-0.05, 0) is 30.3 Å². The van der Waals surface area contributed by atoms with Gasteiger partial charge in [-0.3, -0.25) is 9.59 Å². The fraction of sp³-hybridized carbons (Fsp3) is 0.368. The molecule has 0 bridgehead atoms. The summed E-state index contributed by atoms with van der Waals surface area (Å²) < 4.78 is 5.14. The van der Waals surface area contributed by atoms with E-state index in [1.54, 1.807) is 49.8 Å². The lowest BCUT2D eigenvalue weighted by atomic mass is 10.2. The van der Waals surface area contributed by atoms with Gasteiger partial charge in [0.2, 0.25) is 11.9 Å². The smallest absolute Gasteiger partial charge is 0.292 e. The molecular weight excluding hydrogens is 346 g/mol. The summed E-state index contributed by atoms with van der Waals surface area (Å²) in [5, 5.41) is 0. The molecule has 2 fully saturated rings. The zero-order valence-electron chi connectivity index (χ0n) is 15.2. The maximum atomic E-state index is 12.9. The fourth-order valence-corrected chi connectivity index (χ4v) is 3.75. The van der Waals surface area contributed by atoms with E-state index in [-0.39, 0.29) is 24.3 Å². The minimum atomic E-state index is -0.321. The summed E-state index contributed by atoms with van der Waals surface area (Å²) >= 11 is 0. The van der Waals surface area contributed by atoms with E-state index >= 15 is 0 Å². The lowest BCUT2D eigenvalue weighted by Crippen LogP contribution is -3.19. The number of hydrogen-bond acceptors (Lipinski definition) is 6. The van der Waals surface area contributed by atoms with Crippen LogP contribution in [-0.2, 0) is 9.59 Å². The van der Waals surface area contributed by atoms with E-state index in [1.807, 2.05) is 0 Å². The Hall–Kier alpha value is -3.00. The number of piperazine rings is 1. The molecule has 1 aromatic heterocycles. The maximum Gasteiger partial charge on any atom is 0.292 e. The number of carbonyl (C=O) groups excluding carboxylic acids is 2. The maximum absolute atomic E-state index is 12.9. The zero-order chi connectivity index (χ0) is 18.8. The Balaban J connectivity index is 1.43. The molecule has 4 rings (SSSR count). The summed E-state index contributed by atoms with van der Waals surface area (Å²) in [7, 11) is 1.58. The van der Waals surface area contributed by atoms with Crippen molar-refractivity contribution < 1.29 is 19.2 Å². The van der Waals surface area contributed by atoms with Crippen LogP contribution in [0.3, 0.4) is 0 Å². The fourth-order valence-electron chi connectivity index (χ4n) is 3.75. The van der Waals surface area contributed by atoms with E-state index in [9.17, 15) is 9.59 Å². The van der Waals surface area contributed by atoms with Gasteiger partial charge >= 0.3 is 0 Å². The minimum Gasteiger partial charge on any atom is -0.497 e. The van der Waals surface area contributed by atoms with Gasteiger partial charge in [0.25, 0.3) is 5.91 Å². The standard InChI is InChI=1S/C19H21N5O3/c1-27-15-5-3-14(4-6-15)24-17(25)13-16(18(24)26)22-9-11-23(12-10-22)19-20-7-2-8-21-19/h2-8,16H,9-13H2,1H3/p+1/t16-/m0/s1. The molecule has 0 spiro atoms. The molecule has 0 radical (unpaired) electrons. The van der Waals surface area contributed by atoms with Crippen molar-refractivity contribution in [3.05, 3.63) is 42.7 Å². The third kappa shape index (κ3) is 3.35. The Kier molecular flexibility index (Phi) is 4.72. The average molecular weight is 368 g/mol. The van der Waals surface area contributed by atoms with Gasteiger partial charge in [0.05, 0.1) is 45.4 Å².